The number of hydrogen-bond donors (Lipinski definition) is 0. The van der Waals surface area contributed by atoms with E-state index < -0.39 is 30.3 Å². The molecular formula is C23H23F2N3O2. The number of amides is 1. The molecule has 156 valence electrons. The van der Waals surface area contributed by atoms with Crippen LogP contribution in [0.4, 0.5) is 8.78 Å². The summed E-state index contributed by atoms with van der Waals surface area (Å²) in [5.41, 5.74) is 0.722. The molecule has 1 aromatic carbocycles. The number of pyridine rings is 1. The van der Waals surface area contributed by atoms with E-state index in [0.717, 1.165) is 16.0 Å². The number of aromatic nitrogens is 1. The summed E-state index contributed by atoms with van der Waals surface area (Å²) in [4.78, 5) is 30.5. The molecular weight excluding hydrogens is 388 g/mol. The van der Waals surface area contributed by atoms with Crippen LogP contribution in [0.3, 0.4) is 0 Å². The zero-order valence-electron chi connectivity index (χ0n) is 16.8. The fraction of sp³-hybridized carbons (Fsp3) is 0.391. The Morgan fingerprint density at radius 3 is 2.60 bits per heavy atom. The van der Waals surface area contributed by atoms with Crippen molar-refractivity contribution < 1.29 is 18.4 Å². The maximum absolute atomic E-state index is 13.9. The standard InChI is InChI=1S/C23H23F2N3O2/c1-2-22(15-26)14-23(24,25)16-28(22)21(30)9-8-20(29)19-10-11-27-13-18(19)12-17-6-4-3-5-7-17/h3-7,10-11,13H,2,8-9,12,14,16H2,1H3/t22-/m0/s1. The van der Waals surface area contributed by atoms with Crippen LogP contribution >= 0.6 is 0 Å². The number of halogens is 2. The summed E-state index contributed by atoms with van der Waals surface area (Å²) >= 11 is 0. The number of benzene rings is 1. The molecule has 1 atom stereocenters. The molecule has 0 aliphatic carbocycles. The fourth-order valence-electron chi connectivity index (χ4n) is 3.93. The van der Waals surface area contributed by atoms with Crippen LogP contribution in [0.1, 0.15) is 54.1 Å². The summed E-state index contributed by atoms with van der Waals surface area (Å²) in [5, 5.41) is 9.45. The third-order valence-corrected chi connectivity index (χ3v) is 5.56. The first-order valence-corrected chi connectivity index (χ1v) is 9.90. The van der Waals surface area contributed by atoms with E-state index in [1.165, 1.54) is 6.20 Å². The predicted molar refractivity (Wildman–Crippen MR) is 107 cm³/mol. The first-order valence-electron chi connectivity index (χ1n) is 9.90. The molecule has 2 heterocycles. The normalized spacial score (nSPS) is 20.0. The monoisotopic (exact) mass is 411 g/mol. The molecule has 2 aromatic rings. The van der Waals surface area contributed by atoms with E-state index in [1.807, 2.05) is 36.4 Å². The van der Waals surface area contributed by atoms with Crippen LogP contribution in [0.2, 0.25) is 0 Å². The zero-order valence-corrected chi connectivity index (χ0v) is 16.8. The van der Waals surface area contributed by atoms with Gasteiger partial charge in [0.15, 0.2) is 5.78 Å². The van der Waals surface area contributed by atoms with Gasteiger partial charge in [0.2, 0.25) is 5.91 Å². The SMILES string of the molecule is CC[C@@]1(C#N)CC(F)(F)CN1C(=O)CCC(=O)c1ccncc1Cc1ccccc1. The molecule has 5 nitrogen and oxygen atoms in total. The van der Waals surface area contributed by atoms with E-state index in [-0.39, 0.29) is 25.0 Å². The minimum absolute atomic E-state index is 0.113. The van der Waals surface area contributed by atoms with Crippen LogP contribution in [-0.2, 0) is 11.2 Å². The van der Waals surface area contributed by atoms with Crippen molar-refractivity contribution in [1.29, 1.82) is 5.26 Å². The molecule has 0 spiro atoms. The molecule has 1 aliphatic heterocycles. The van der Waals surface area contributed by atoms with Gasteiger partial charge in [-0.2, -0.15) is 5.26 Å². The van der Waals surface area contributed by atoms with E-state index in [1.54, 1.807) is 19.2 Å². The Morgan fingerprint density at radius 2 is 1.93 bits per heavy atom. The second-order valence-electron chi connectivity index (χ2n) is 7.63. The Hall–Kier alpha value is -3.14. The van der Waals surface area contributed by atoms with Crippen LogP contribution < -0.4 is 0 Å². The molecule has 3 rings (SSSR count). The molecule has 7 heteroatoms. The molecule has 1 amide bonds. The summed E-state index contributed by atoms with van der Waals surface area (Å²) in [7, 11) is 0. The summed E-state index contributed by atoms with van der Waals surface area (Å²) in [6.07, 6.45) is 2.78. The van der Waals surface area contributed by atoms with Crippen LogP contribution in [0.25, 0.3) is 0 Å². The number of nitriles is 1. The zero-order chi connectivity index (χ0) is 21.8. The van der Waals surface area contributed by atoms with Gasteiger partial charge in [0, 0.05) is 37.2 Å². The van der Waals surface area contributed by atoms with Crippen molar-refractivity contribution in [3.05, 3.63) is 65.5 Å². The van der Waals surface area contributed by atoms with Gasteiger partial charge in [0.25, 0.3) is 5.92 Å². The van der Waals surface area contributed by atoms with E-state index in [9.17, 15) is 23.6 Å². The summed E-state index contributed by atoms with van der Waals surface area (Å²) < 4.78 is 27.9. The van der Waals surface area contributed by atoms with Crippen molar-refractivity contribution in [3.63, 3.8) is 0 Å². The summed E-state index contributed by atoms with van der Waals surface area (Å²) in [6, 6.07) is 13.1. The van der Waals surface area contributed by atoms with E-state index >= 15 is 0 Å². The van der Waals surface area contributed by atoms with Gasteiger partial charge >= 0.3 is 0 Å². The van der Waals surface area contributed by atoms with Crippen molar-refractivity contribution >= 4 is 11.7 Å². The largest absolute Gasteiger partial charge is 0.318 e. The first-order chi connectivity index (χ1) is 14.3. The van der Waals surface area contributed by atoms with Gasteiger partial charge in [0.1, 0.15) is 5.54 Å². The average molecular weight is 411 g/mol. The minimum Gasteiger partial charge on any atom is -0.318 e. The first kappa shape index (κ1) is 21.6. The highest BCUT2D eigenvalue weighted by molar-refractivity contribution is 5.99. The van der Waals surface area contributed by atoms with Crippen molar-refractivity contribution in [1.82, 2.24) is 9.88 Å². The van der Waals surface area contributed by atoms with E-state index in [2.05, 4.69) is 4.98 Å². The number of rotatable bonds is 7. The summed E-state index contributed by atoms with van der Waals surface area (Å²) in [5.74, 6) is -3.94. The Labute approximate surface area is 174 Å². The van der Waals surface area contributed by atoms with Crippen LogP contribution in [0, 0.1) is 11.3 Å². The second-order valence-corrected chi connectivity index (χ2v) is 7.63. The van der Waals surface area contributed by atoms with Gasteiger partial charge in [-0.05, 0) is 30.0 Å². The van der Waals surface area contributed by atoms with Gasteiger partial charge in [-0.15, -0.1) is 0 Å². The van der Waals surface area contributed by atoms with Crippen molar-refractivity contribution in [3.8, 4) is 6.07 Å². The smallest absolute Gasteiger partial charge is 0.268 e. The molecule has 0 N–H and O–H groups in total. The Morgan fingerprint density at radius 1 is 1.20 bits per heavy atom. The van der Waals surface area contributed by atoms with Crippen LogP contribution in [-0.4, -0.2) is 39.6 Å². The summed E-state index contributed by atoms with van der Waals surface area (Å²) in [6.45, 7) is 0.832. The number of alkyl halides is 2. The maximum atomic E-state index is 13.9. The number of ketones is 1. The molecule has 0 bridgehead atoms. The molecule has 0 saturated carbocycles. The molecule has 30 heavy (non-hydrogen) atoms. The van der Waals surface area contributed by atoms with Gasteiger partial charge in [-0.1, -0.05) is 37.3 Å². The third kappa shape index (κ3) is 4.54. The van der Waals surface area contributed by atoms with Crippen LogP contribution in [0.15, 0.2) is 48.8 Å². The average Bonchev–Trinajstić information content (AvgIpc) is 3.04. The topological polar surface area (TPSA) is 74.1 Å². The lowest BCUT2D eigenvalue weighted by molar-refractivity contribution is -0.134. The number of hydrogen-bond acceptors (Lipinski definition) is 4. The number of nitrogens with zero attached hydrogens (tertiary/aromatic N) is 3. The van der Waals surface area contributed by atoms with Crippen molar-refractivity contribution in [2.75, 3.05) is 6.54 Å². The van der Waals surface area contributed by atoms with Gasteiger partial charge in [0.05, 0.1) is 12.6 Å². The molecule has 1 aliphatic rings. The number of carbonyl (C=O) groups is 2. The third-order valence-electron chi connectivity index (χ3n) is 5.56. The van der Waals surface area contributed by atoms with Crippen molar-refractivity contribution in [2.45, 2.75) is 50.5 Å². The van der Waals surface area contributed by atoms with E-state index in [4.69, 9.17) is 0 Å². The molecule has 1 fully saturated rings. The maximum Gasteiger partial charge on any atom is 0.268 e. The van der Waals surface area contributed by atoms with Gasteiger partial charge < -0.3 is 4.90 Å². The molecule has 0 unspecified atom stereocenters. The Bertz CT molecular complexity index is 972. The lowest BCUT2D eigenvalue weighted by Gasteiger charge is -2.30. The fourth-order valence-corrected chi connectivity index (χ4v) is 3.93. The Balaban J connectivity index is 1.70. The van der Waals surface area contributed by atoms with Crippen LogP contribution in [0.5, 0.6) is 0 Å². The molecule has 0 radical (unpaired) electrons. The van der Waals surface area contributed by atoms with Gasteiger partial charge in [-0.25, -0.2) is 8.78 Å². The lowest BCUT2D eigenvalue weighted by Crippen LogP contribution is -2.46. The second kappa shape index (κ2) is 8.70. The van der Waals surface area contributed by atoms with Crippen molar-refractivity contribution in [2.24, 2.45) is 0 Å². The molecule has 1 aromatic heterocycles. The highest BCUT2D eigenvalue weighted by Gasteiger charge is 2.56. The number of Topliss-reactive ketones (excluding diaryl/α,β-unsaturated/α-hetero) is 1. The quantitative estimate of drug-likeness (QED) is 0.641. The highest BCUT2D eigenvalue weighted by Crippen LogP contribution is 2.41. The molecule has 1 saturated heterocycles. The lowest BCUT2D eigenvalue weighted by atomic mass is 9.93. The number of likely N-dealkylation sites (tertiary alicyclic amines) is 1. The minimum atomic E-state index is -3.10. The number of carbonyl (C=O) groups excluding carboxylic acids is 2. The predicted octanol–water partition coefficient (Wildman–Crippen LogP) is 4.18. The van der Waals surface area contributed by atoms with Gasteiger partial charge in [-0.3, -0.25) is 14.6 Å². The van der Waals surface area contributed by atoms with E-state index in [0.29, 0.717) is 12.0 Å². The highest BCUT2D eigenvalue weighted by atomic mass is 19.3. The Kier molecular flexibility index (Phi) is 6.25.